The molecule has 0 atom stereocenters. The summed E-state index contributed by atoms with van der Waals surface area (Å²) >= 11 is 0. The van der Waals surface area contributed by atoms with Crippen LogP contribution in [0.1, 0.15) is 25.7 Å². The summed E-state index contributed by atoms with van der Waals surface area (Å²) in [6.45, 7) is 4.12. The fourth-order valence-electron chi connectivity index (χ4n) is 2.13. The van der Waals surface area contributed by atoms with Crippen molar-refractivity contribution in [3.63, 3.8) is 0 Å². The van der Waals surface area contributed by atoms with E-state index in [0.29, 0.717) is 5.41 Å². The van der Waals surface area contributed by atoms with Gasteiger partial charge in [0.05, 0.1) is 7.11 Å². The molecule has 0 saturated heterocycles. The minimum atomic E-state index is 0.449. The van der Waals surface area contributed by atoms with Crippen molar-refractivity contribution in [1.29, 1.82) is 0 Å². The van der Waals surface area contributed by atoms with E-state index in [1.54, 1.807) is 7.11 Å². The number of hydroxylamine groups is 2. The smallest absolute Gasteiger partial charge is 0.0638 e. The molecule has 0 heterocycles. The first kappa shape index (κ1) is 8.11. The fraction of sp³-hybridized carbons (Fsp3) is 0.800. The average Bonchev–Trinajstić information content (AvgIpc) is 2.87. The molecule has 0 amide bonds. The lowest BCUT2D eigenvalue weighted by molar-refractivity contribution is -0.0883. The molecule has 0 aromatic heterocycles. The number of rotatable bonds is 4. The predicted octanol–water partition coefficient (Wildman–Crippen LogP) is 2.18. The Balaban J connectivity index is 2.02. The highest BCUT2D eigenvalue weighted by Gasteiger charge is 2.56. The van der Waals surface area contributed by atoms with Crippen LogP contribution in [0.15, 0.2) is 12.3 Å². The second-order valence-corrected chi connectivity index (χ2v) is 4.06. The molecule has 2 aliphatic rings. The molecule has 2 nitrogen and oxygen atoms in total. The highest BCUT2D eigenvalue weighted by molar-refractivity contribution is 5.21. The van der Waals surface area contributed by atoms with Crippen LogP contribution in [-0.4, -0.2) is 19.2 Å². The van der Waals surface area contributed by atoms with E-state index in [1.807, 2.05) is 12.1 Å². The van der Waals surface area contributed by atoms with Crippen molar-refractivity contribution >= 4 is 0 Å². The molecular formula is C10H17NO. The van der Waals surface area contributed by atoms with Crippen molar-refractivity contribution in [3.8, 4) is 0 Å². The van der Waals surface area contributed by atoms with Crippen LogP contribution in [0, 0.1) is 11.3 Å². The molecule has 2 fully saturated rings. The lowest BCUT2D eigenvalue weighted by Gasteiger charge is -2.26. The van der Waals surface area contributed by atoms with Crippen LogP contribution in [0.25, 0.3) is 0 Å². The van der Waals surface area contributed by atoms with Crippen molar-refractivity contribution < 1.29 is 4.84 Å². The molecule has 0 unspecified atom stereocenters. The molecule has 0 N–H and O–H groups in total. The van der Waals surface area contributed by atoms with Gasteiger partial charge in [-0.15, -0.1) is 0 Å². The molecular weight excluding hydrogens is 150 g/mol. The molecule has 2 saturated carbocycles. The molecule has 0 aliphatic heterocycles. The zero-order valence-corrected chi connectivity index (χ0v) is 7.97. The summed E-state index contributed by atoms with van der Waals surface area (Å²) in [5.41, 5.74) is 1.64. The normalized spacial score (nSPS) is 25.2. The van der Waals surface area contributed by atoms with Crippen molar-refractivity contribution in [2.24, 2.45) is 11.3 Å². The highest BCUT2D eigenvalue weighted by atomic mass is 16.7. The van der Waals surface area contributed by atoms with Gasteiger partial charge in [-0.2, -0.15) is 0 Å². The Bertz CT molecular complexity index is 204. The van der Waals surface area contributed by atoms with Gasteiger partial charge in [0, 0.05) is 18.2 Å². The van der Waals surface area contributed by atoms with Crippen LogP contribution in [0.5, 0.6) is 0 Å². The second kappa shape index (κ2) is 2.49. The summed E-state index contributed by atoms with van der Waals surface area (Å²) in [6, 6.07) is 0. The van der Waals surface area contributed by atoms with Crippen molar-refractivity contribution in [2.45, 2.75) is 25.7 Å². The third-order valence-electron chi connectivity index (χ3n) is 3.38. The van der Waals surface area contributed by atoms with Gasteiger partial charge < -0.3 is 0 Å². The van der Waals surface area contributed by atoms with Crippen LogP contribution in [-0.2, 0) is 4.84 Å². The Labute approximate surface area is 74.1 Å². The SMILES string of the molecule is C=C(N(C)OC)C1(C2CC2)CC1. The van der Waals surface area contributed by atoms with E-state index in [2.05, 4.69) is 6.58 Å². The Morgan fingerprint density at radius 3 is 2.42 bits per heavy atom. The van der Waals surface area contributed by atoms with E-state index < -0.39 is 0 Å². The van der Waals surface area contributed by atoms with Crippen LogP contribution < -0.4 is 0 Å². The Morgan fingerprint density at radius 2 is 2.08 bits per heavy atom. The van der Waals surface area contributed by atoms with Crippen molar-refractivity contribution in [1.82, 2.24) is 5.06 Å². The summed E-state index contributed by atoms with van der Waals surface area (Å²) in [7, 11) is 3.65. The topological polar surface area (TPSA) is 12.5 Å². The van der Waals surface area contributed by atoms with Crippen LogP contribution in [0.2, 0.25) is 0 Å². The predicted molar refractivity (Wildman–Crippen MR) is 48.3 cm³/mol. The van der Waals surface area contributed by atoms with E-state index in [9.17, 15) is 0 Å². The lowest BCUT2D eigenvalue weighted by atomic mass is 9.97. The Kier molecular flexibility index (Phi) is 1.69. The minimum Gasteiger partial charge on any atom is -0.277 e. The number of allylic oxidation sites excluding steroid dienone is 1. The average molecular weight is 167 g/mol. The van der Waals surface area contributed by atoms with Gasteiger partial charge in [-0.05, 0) is 31.6 Å². The van der Waals surface area contributed by atoms with Gasteiger partial charge in [-0.3, -0.25) is 9.90 Å². The first-order chi connectivity index (χ1) is 5.70. The summed E-state index contributed by atoms with van der Waals surface area (Å²) in [5, 5.41) is 1.82. The van der Waals surface area contributed by atoms with Gasteiger partial charge in [0.15, 0.2) is 0 Å². The summed E-state index contributed by atoms with van der Waals surface area (Å²) in [5.74, 6) is 0.919. The van der Waals surface area contributed by atoms with Gasteiger partial charge in [-0.1, -0.05) is 6.58 Å². The fourth-order valence-corrected chi connectivity index (χ4v) is 2.13. The quantitative estimate of drug-likeness (QED) is 0.595. The third-order valence-corrected chi connectivity index (χ3v) is 3.38. The molecule has 0 aromatic carbocycles. The van der Waals surface area contributed by atoms with E-state index in [4.69, 9.17) is 4.84 Å². The molecule has 12 heavy (non-hydrogen) atoms. The Hall–Kier alpha value is -0.500. The van der Waals surface area contributed by atoms with E-state index in [0.717, 1.165) is 5.92 Å². The zero-order chi connectivity index (χ0) is 8.77. The zero-order valence-electron chi connectivity index (χ0n) is 7.97. The molecule has 0 bridgehead atoms. The van der Waals surface area contributed by atoms with Gasteiger partial charge in [-0.25, -0.2) is 0 Å². The summed E-state index contributed by atoms with van der Waals surface area (Å²) < 4.78 is 0. The Morgan fingerprint density at radius 1 is 1.50 bits per heavy atom. The van der Waals surface area contributed by atoms with Crippen molar-refractivity contribution in [2.75, 3.05) is 14.2 Å². The van der Waals surface area contributed by atoms with Gasteiger partial charge in [0.25, 0.3) is 0 Å². The number of nitrogens with zero attached hydrogens (tertiary/aromatic N) is 1. The molecule has 2 heteroatoms. The standard InChI is InChI=1S/C10H17NO/c1-8(11(2)12-3)10(6-7-10)9-4-5-9/h9H,1,4-7H2,2-3H3. The maximum absolute atomic E-state index is 5.15. The van der Waals surface area contributed by atoms with E-state index in [-0.39, 0.29) is 0 Å². The van der Waals surface area contributed by atoms with Gasteiger partial charge in [0.1, 0.15) is 0 Å². The molecule has 68 valence electrons. The summed E-state index contributed by atoms with van der Waals surface area (Å²) in [6.07, 6.45) is 5.45. The molecule has 0 spiro atoms. The molecule has 2 rings (SSSR count). The maximum atomic E-state index is 5.15. The molecule has 2 aliphatic carbocycles. The summed E-state index contributed by atoms with van der Waals surface area (Å²) in [4.78, 5) is 5.15. The molecule has 0 radical (unpaired) electrons. The highest BCUT2D eigenvalue weighted by Crippen LogP contribution is 2.65. The minimum absolute atomic E-state index is 0.449. The number of hydrogen-bond acceptors (Lipinski definition) is 2. The first-order valence-electron chi connectivity index (χ1n) is 4.68. The number of hydrogen-bond donors (Lipinski definition) is 0. The monoisotopic (exact) mass is 167 g/mol. The first-order valence-corrected chi connectivity index (χ1v) is 4.68. The van der Waals surface area contributed by atoms with Crippen LogP contribution in [0.3, 0.4) is 0 Å². The van der Waals surface area contributed by atoms with E-state index in [1.165, 1.54) is 31.4 Å². The van der Waals surface area contributed by atoms with Crippen molar-refractivity contribution in [3.05, 3.63) is 12.3 Å². The maximum Gasteiger partial charge on any atom is 0.0638 e. The van der Waals surface area contributed by atoms with Gasteiger partial charge in [0.2, 0.25) is 0 Å². The van der Waals surface area contributed by atoms with Crippen LogP contribution in [0.4, 0.5) is 0 Å². The van der Waals surface area contributed by atoms with Crippen LogP contribution >= 0.6 is 0 Å². The van der Waals surface area contributed by atoms with E-state index >= 15 is 0 Å². The second-order valence-electron chi connectivity index (χ2n) is 4.06. The van der Waals surface area contributed by atoms with Gasteiger partial charge >= 0.3 is 0 Å². The largest absolute Gasteiger partial charge is 0.277 e. The lowest BCUT2D eigenvalue weighted by Crippen LogP contribution is -2.23. The third kappa shape index (κ3) is 1.06. The molecule has 0 aromatic rings.